The molecule has 0 radical (unpaired) electrons. The van der Waals surface area contributed by atoms with Crippen LogP contribution in [0.2, 0.25) is 0 Å². The summed E-state index contributed by atoms with van der Waals surface area (Å²) >= 11 is 0. The summed E-state index contributed by atoms with van der Waals surface area (Å²) in [6, 6.07) is 5.18. The van der Waals surface area contributed by atoms with E-state index in [-0.39, 0.29) is 12.6 Å². The second-order valence-corrected chi connectivity index (χ2v) is 5.28. The number of carbonyl (C=O) groups is 2. The number of aliphatic carboxylic acids is 1. The third-order valence-electron chi connectivity index (χ3n) is 3.47. The van der Waals surface area contributed by atoms with Crippen molar-refractivity contribution in [3.05, 3.63) is 23.8 Å². The molecule has 1 atom stereocenters. The van der Waals surface area contributed by atoms with Crippen molar-refractivity contribution in [2.45, 2.75) is 13.3 Å². The van der Waals surface area contributed by atoms with Gasteiger partial charge >= 0.3 is 12.0 Å². The minimum Gasteiger partial charge on any atom is -0.497 e. The molecule has 0 heterocycles. The van der Waals surface area contributed by atoms with Crippen LogP contribution in [0, 0.1) is 5.92 Å². The second-order valence-electron chi connectivity index (χ2n) is 5.28. The Morgan fingerprint density at radius 3 is 2.57 bits per heavy atom. The Morgan fingerprint density at radius 2 is 2.00 bits per heavy atom. The van der Waals surface area contributed by atoms with Gasteiger partial charge < -0.3 is 24.8 Å². The number of hydrogen-bond donors (Lipinski definition) is 2. The number of benzene rings is 1. The van der Waals surface area contributed by atoms with Crippen LogP contribution in [0.25, 0.3) is 0 Å². The average molecular weight is 324 g/mol. The number of carboxylic acid groups (broad SMARTS) is 1. The van der Waals surface area contributed by atoms with Crippen molar-refractivity contribution in [2.75, 3.05) is 34.4 Å². The molecule has 0 saturated carbocycles. The highest BCUT2D eigenvalue weighted by molar-refractivity contribution is 5.75. The first-order valence-electron chi connectivity index (χ1n) is 7.31. The first kappa shape index (κ1) is 18.6. The summed E-state index contributed by atoms with van der Waals surface area (Å²) in [6.45, 7) is 2.13. The monoisotopic (exact) mass is 324 g/mol. The molecule has 0 aliphatic rings. The lowest BCUT2D eigenvalue weighted by molar-refractivity contribution is -0.141. The molecule has 0 spiro atoms. The number of nitrogens with zero attached hydrogens (tertiary/aromatic N) is 1. The highest BCUT2D eigenvalue weighted by Gasteiger charge is 2.17. The van der Waals surface area contributed by atoms with Crippen LogP contribution in [-0.4, -0.2) is 56.4 Å². The third-order valence-corrected chi connectivity index (χ3v) is 3.47. The van der Waals surface area contributed by atoms with Crippen LogP contribution in [-0.2, 0) is 11.2 Å². The quantitative estimate of drug-likeness (QED) is 0.758. The molecule has 0 aliphatic carbocycles. The maximum Gasteiger partial charge on any atom is 0.317 e. The molecular formula is C16H24N2O5. The van der Waals surface area contributed by atoms with Crippen molar-refractivity contribution >= 4 is 12.0 Å². The van der Waals surface area contributed by atoms with Crippen LogP contribution < -0.4 is 14.8 Å². The van der Waals surface area contributed by atoms with E-state index in [0.717, 1.165) is 17.1 Å². The van der Waals surface area contributed by atoms with Gasteiger partial charge in [0, 0.05) is 20.1 Å². The summed E-state index contributed by atoms with van der Waals surface area (Å²) in [5.41, 5.74) is 0.925. The summed E-state index contributed by atoms with van der Waals surface area (Å²) in [7, 11) is 4.75. The molecule has 128 valence electrons. The maximum atomic E-state index is 11.9. The van der Waals surface area contributed by atoms with Gasteiger partial charge in [-0.25, -0.2) is 4.79 Å². The van der Waals surface area contributed by atoms with Crippen molar-refractivity contribution in [1.82, 2.24) is 10.2 Å². The van der Waals surface area contributed by atoms with Gasteiger partial charge in [-0.3, -0.25) is 4.79 Å². The first-order chi connectivity index (χ1) is 10.9. The Morgan fingerprint density at radius 1 is 1.30 bits per heavy atom. The Hall–Kier alpha value is -2.44. The third kappa shape index (κ3) is 5.69. The molecule has 2 amide bonds. The van der Waals surface area contributed by atoms with E-state index >= 15 is 0 Å². The van der Waals surface area contributed by atoms with Gasteiger partial charge in [-0.2, -0.15) is 0 Å². The zero-order valence-corrected chi connectivity index (χ0v) is 14.0. The highest BCUT2D eigenvalue weighted by Crippen LogP contribution is 2.24. The van der Waals surface area contributed by atoms with E-state index in [0.29, 0.717) is 13.0 Å². The summed E-state index contributed by atoms with van der Waals surface area (Å²) < 4.78 is 10.5. The fourth-order valence-corrected chi connectivity index (χ4v) is 2.09. The number of hydrogen-bond acceptors (Lipinski definition) is 4. The van der Waals surface area contributed by atoms with Gasteiger partial charge in [0.2, 0.25) is 0 Å². The van der Waals surface area contributed by atoms with Crippen LogP contribution in [0.15, 0.2) is 18.2 Å². The summed E-state index contributed by atoms with van der Waals surface area (Å²) in [5, 5.41) is 11.6. The standard InChI is InChI=1S/C16H24N2O5/c1-11(15(19)20)10-18(2)16(21)17-8-7-12-9-13(22-3)5-6-14(12)23-4/h5-6,9,11H,7-8,10H2,1-4H3,(H,17,21)(H,19,20). The lowest BCUT2D eigenvalue weighted by Crippen LogP contribution is -2.41. The average Bonchev–Trinajstić information content (AvgIpc) is 2.54. The number of amides is 2. The zero-order valence-electron chi connectivity index (χ0n) is 14.0. The number of nitrogens with one attached hydrogen (secondary N) is 1. The molecule has 7 nitrogen and oxygen atoms in total. The Bertz CT molecular complexity index is 547. The predicted octanol–water partition coefficient (Wildman–Crippen LogP) is 1.61. The number of urea groups is 1. The van der Waals surface area contributed by atoms with Gasteiger partial charge in [-0.15, -0.1) is 0 Å². The summed E-state index contributed by atoms with van der Waals surface area (Å²) in [6.07, 6.45) is 0.578. The van der Waals surface area contributed by atoms with Crippen molar-refractivity contribution in [3.8, 4) is 11.5 Å². The number of methoxy groups -OCH3 is 2. The molecule has 1 rings (SSSR count). The number of carboxylic acids is 1. The molecule has 23 heavy (non-hydrogen) atoms. The van der Waals surface area contributed by atoms with Crippen LogP contribution >= 0.6 is 0 Å². The van der Waals surface area contributed by atoms with Crippen molar-refractivity contribution in [2.24, 2.45) is 5.92 Å². The largest absolute Gasteiger partial charge is 0.497 e. The first-order valence-corrected chi connectivity index (χ1v) is 7.31. The predicted molar refractivity (Wildman–Crippen MR) is 86.1 cm³/mol. The van der Waals surface area contributed by atoms with Crippen molar-refractivity contribution in [1.29, 1.82) is 0 Å². The van der Waals surface area contributed by atoms with E-state index in [1.165, 1.54) is 4.90 Å². The molecule has 0 aliphatic heterocycles. The van der Waals surface area contributed by atoms with Gasteiger partial charge in [0.05, 0.1) is 20.1 Å². The second kappa shape index (κ2) is 8.87. The SMILES string of the molecule is COc1ccc(OC)c(CCNC(=O)N(C)CC(C)C(=O)O)c1. The van der Waals surface area contributed by atoms with Crippen LogP contribution in [0.4, 0.5) is 4.79 Å². The number of carbonyl (C=O) groups excluding carboxylic acids is 1. The van der Waals surface area contributed by atoms with Gasteiger partial charge in [-0.05, 0) is 30.2 Å². The molecule has 1 unspecified atom stereocenters. The van der Waals surface area contributed by atoms with Crippen LogP contribution in [0.1, 0.15) is 12.5 Å². The normalized spacial score (nSPS) is 11.5. The van der Waals surface area contributed by atoms with Gasteiger partial charge in [0.15, 0.2) is 0 Å². The Kier molecular flexibility index (Phi) is 7.18. The summed E-state index contributed by atoms with van der Waals surface area (Å²) in [5.74, 6) is -0.0811. The zero-order chi connectivity index (χ0) is 17.4. The van der Waals surface area contributed by atoms with Crippen molar-refractivity contribution in [3.63, 3.8) is 0 Å². The molecule has 0 aromatic heterocycles. The molecular weight excluding hydrogens is 300 g/mol. The van der Waals surface area contributed by atoms with Gasteiger partial charge in [-0.1, -0.05) is 6.92 Å². The minimum absolute atomic E-state index is 0.156. The Labute approximate surface area is 136 Å². The van der Waals surface area contributed by atoms with Gasteiger partial charge in [0.25, 0.3) is 0 Å². The van der Waals surface area contributed by atoms with E-state index in [1.807, 2.05) is 18.2 Å². The van der Waals surface area contributed by atoms with Crippen LogP contribution in [0.3, 0.4) is 0 Å². The highest BCUT2D eigenvalue weighted by atomic mass is 16.5. The summed E-state index contributed by atoms with van der Waals surface area (Å²) in [4.78, 5) is 24.1. The number of rotatable bonds is 8. The molecule has 0 saturated heterocycles. The maximum absolute atomic E-state index is 11.9. The fourth-order valence-electron chi connectivity index (χ4n) is 2.09. The fraction of sp³-hybridized carbons (Fsp3) is 0.500. The molecule has 1 aromatic carbocycles. The van der Waals surface area contributed by atoms with E-state index in [9.17, 15) is 9.59 Å². The topological polar surface area (TPSA) is 88.1 Å². The van der Waals surface area contributed by atoms with E-state index in [1.54, 1.807) is 28.2 Å². The molecule has 2 N–H and O–H groups in total. The van der Waals surface area contributed by atoms with Gasteiger partial charge in [0.1, 0.15) is 11.5 Å². The minimum atomic E-state index is -0.925. The van der Waals surface area contributed by atoms with E-state index < -0.39 is 11.9 Å². The van der Waals surface area contributed by atoms with E-state index in [4.69, 9.17) is 14.6 Å². The molecule has 1 aromatic rings. The van der Waals surface area contributed by atoms with Crippen LogP contribution in [0.5, 0.6) is 11.5 Å². The van der Waals surface area contributed by atoms with Crippen molar-refractivity contribution < 1.29 is 24.2 Å². The Balaban J connectivity index is 2.53. The lowest BCUT2D eigenvalue weighted by atomic mass is 10.1. The molecule has 0 bridgehead atoms. The smallest absolute Gasteiger partial charge is 0.317 e. The van der Waals surface area contributed by atoms with E-state index in [2.05, 4.69) is 5.32 Å². The molecule has 7 heteroatoms. The number of ether oxygens (including phenoxy) is 2. The molecule has 0 fully saturated rings. The lowest BCUT2D eigenvalue weighted by Gasteiger charge is -2.20.